The summed E-state index contributed by atoms with van der Waals surface area (Å²) >= 11 is 5.98. The maximum atomic E-state index is 14.0. The summed E-state index contributed by atoms with van der Waals surface area (Å²) in [6, 6.07) is 7.34. The Morgan fingerprint density at radius 3 is 2.18 bits per heavy atom. The minimum Gasteiger partial charge on any atom is -0.338 e. The lowest BCUT2D eigenvalue weighted by Gasteiger charge is -2.37. The van der Waals surface area contributed by atoms with Crippen molar-refractivity contribution in [2.45, 2.75) is 24.8 Å². The molecule has 178 valence electrons. The molecule has 11 heteroatoms. The van der Waals surface area contributed by atoms with Crippen molar-refractivity contribution in [3.63, 3.8) is 0 Å². The number of benzene rings is 2. The number of hydrogen-bond acceptors (Lipinski definition) is 4. The molecule has 0 radical (unpaired) electrons. The first-order valence-corrected chi connectivity index (χ1v) is 12.2. The quantitative estimate of drug-likeness (QED) is 0.662. The van der Waals surface area contributed by atoms with Crippen LogP contribution in [-0.4, -0.2) is 62.3 Å². The number of nitrogens with one attached hydrogen (secondary N) is 1. The first-order chi connectivity index (χ1) is 15.5. The van der Waals surface area contributed by atoms with Crippen LogP contribution in [0.3, 0.4) is 0 Å². The van der Waals surface area contributed by atoms with E-state index < -0.39 is 44.4 Å². The number of nitrogens with zero attached hydrogens (tertiary/aromatic N) is 2. The number of carbonyl (C=O) groups is 2. The molecule has 1 aliphatic heterocycles. The maximum absolute atomic E-state index is 14.0. The monoisotopic (exact) mass is 499 g/mol. The molecule has 1 fully saturated rings. The molecule has 1 atom stereocenters. The van der Waals surface area contributed by atoms with Crippen molar-refractivity contribution < 1.29 is 26.8 Å². The number of carbonyl (C=O) groups excluding carboxylic acids is 2. The van der Waals surface area contributed by atoms with Crippen LogP contribution in [0.1, 0.15) is 24.2 Å². The molecule has 0 aliphatic carbocycles. The van der Waals surface area contributed by atoms with Gasteiger partial charge in [0, 0.05) is 26.2 Å². The van der Waals surface area contributed by atoms with Gasteiger partial charge in [0.1, 0.15) is 22.6 Å². The average molecular weight is 500 g/mol. The molecule has 0 unspecified atom stereocenters. The largest absolute Gasteiger partial charge is 0.338 e. The SMILES string of the molecule is CC(C)[C@H](NS(=O)(=O)c1ccccc1F)C(=O)N1CCN(C(=O)c2ccc(F)cc2Cl)CC1. The molecule has 1 N–H and O–H groups in total. The zero-order valence-corrected chi connectivity index (χ0v) is 19.7. The molecule has 2 aromatic carbocycles. The molecular weight excluding hydrogens is 476 g/mol. The van der Waals surface area contributed by atoms with E-state index in [1.807, 2.05) is 0 Å². The summed E-state index contributed by atoms with van der Waals surface area (Å²) in [5.74, 6) is -2.71. The van der Waals surface area contributed by atoms with Gasteiger partial charge in [0.05, 0.1) is 10.6 Å². The van der Waals surface area contributed by atoms with Gasteiger partial charge in [-0.25, -0.2) is 17.2 Å². The van der Waals surface area contributed by atoms with E-state index in [0.717, 1.165) is 24.3 Å². The number of rotatable bonds is 6. The zero-order chi connectivity index (χ0) is 24.3. The van der Waals surface area contributed by atoms with E-state index in [9.17, 15) is 26.8 Å². The normalized spacial score (nSPS) is 15.6. The fourth-order valence-electron chi connectivity index (χ4n) is 3.52. The predicted octanol–water partition coefficient (Wildman–Crippen LogP) is 2.91. The van der Waals surface area contributed by atoms with Crippen LogP contribution in [-0.2, 0) is 14.8 Å². The molecule has 1 heterocycles. The third-order valence-electron chi connectivity index (χ3n) is 5.38. The van der Waals surface area contributed by atoms with Crippen LogP contribution < -0.4 is 4.72 Å². The standard InChI is InChI=1S/C22H24ClF2N3O4S/c1-14(2)20(26-33(31,32)19-6-4-3-5-18(19)25)22(30)28-11-9-27(10-12-28)21(29)16-8-7-15(24)13-17(16)23/h3-8,13-14,20,26H,9-12H2,1-2H3/t20-/m0/s1. The lowest BCUT2D eigenvalue weighted by atomic mass is 10.0. The fourth-order valence-corrected chi connectivity index (χ4v) is 5.19. The molecule has 0 aromatic heterocycles. The summed E-state index contributed by atoms with van der Waals surface area (Å²) in [6.45, 7) is 4.11. The highest BCUT2D eigenvalue weighted by Crippen LogP contribution is 2.21. The molecule has 0 saturated carbocycles. The topological polar surface area (TPSA) is 86.8 Å². The van der Waals surface area contributed by atoms with Crippen molar-refractivity contribution in [2.24, 2.45) is 5.92 Å². The Labute approximate surface area is 196 Å². The Bertz CT molecular complexity index is 1150. The summed E-state index contributed by atoms with van der Waals surface area (Å²) < 4.78 is 55.0. The van der Waals surface area contributed by atoms with Gasteiger partial charge in [-0.15, -0.1) is 0 Å². The summed E-state index contributed by atoms with van der Waals surface area (Å²) in [5.41, 5.74) is 0.163. The van der Waals surface area contributed by atoms with Gasteiger partial charge in [-0.3, -0.25) is 9.59 Å². The van der Waals surface area contributed by atoms with E-state index in [4.69, 9.17) is 11.6 Å². The maximum Gasteiger partial charge on any atom is 0.255 e. The highest BCUT2D eigenvalue weighted by molar-refractivity contribution is 7.89. The third kappa shape index (κ3) is 5.69. The highest BCUT2D eigenvalue weighted by atomic mass is 35.5. The van der Waals surface area contributed by atoms with E-state index in [2.05, 4.69) is 4.72 Å². The van der Waals surface area contributed by atoms with E-state index in [0.29, 0.717) is 0 Å². The van der Waals surface area contributed by atoms with Gasteiger partial charge in [0.15, 0.2) is 0 Å². The minimum absolute atomic E-state index is 0.000860. The number of halogens is 3. The van der Waals surface area contributed by atoms with Crippen LogP contribution in [0, 0.1) is 17.6 Å². The third-order valence-corrected chi connectivity index (χ3v) is 7.17. The average Bonchev–Trinajstić information content (AvgIpc) is 2.77. The molecule has 3 rings (SSSR count). The van der Waals surface area contributed by atoms with E-state index in [1.54, 1.807) is 13.8 Å². The summed E-state index contributed by atoms with van der Waals surface area (Å²) in [6.07, 6.45) is 0. The van der Waals surface area contributed by atoms with Gasteiger partial charge >= 0.3 is 0 Å². The molecule has 0 spiro atoms. The molecule has 33 heavy (non-hydrogen) atoms. The highest BCUT2D eigenvalue weighted by Gasteiger charge is 2.34. The van der Waals surface area contributed by atoms with Crippen molar-refractivity contribution in [3.8, 4) is 0 Å². The van der Waals surface area contributed by atoms with Crippen LogP contribution >= 0.6 is 11.6 Å². The fraction of sp³-hybridized carbons (Fsp3) is 0.364. The van der Waals surface area contributed by atoms with Crippen LogP contribution in [0.15, 0.2) is 47.4 Å². The Morgan fingerprint density at radius 2 is 1.61 bits per heavy atom. The van der Waals surface area contributed by atoms with Crippen molar-refractivity contribution in [2.75, 3.05) is 26.2 Å². The number of piperazine rings is 1. The van der Waals surface area contributed by atoms with Crippen molar-refractivity contribution in [1.82, 2.24) is 14.5 Å². The second kappa shape index (κ2) is 10.1. The van der Waals surface area contributed by atoms with Crippen molar-refractivity contribution in [1.29, 1.82) is 0 Å². The van der Waals surface area contributed by atoms with E-state index in [1.165, 1.54) is 28.0 Å². The second-order valence-corrected chi connectivity index (χ2v) is 10.1. The van der Waals surface area contributed by atoms with Gasteiger partial charge in [0.2, 0.25) is 15.9 Å². The Hall–Kier alpha value is -2.56. The molecule has 2 amide bonds. The smallest absolute Gasteiger partial charge is 0.255 e. The molecule has 7 nitrogen and oxygen atoms in total. The van der Waals surface area contributed by atoms with Crippen LogP contribution in [0.2, 0.25) is 5.02 Å². The van der Waals surface area contributed by atoms with Gasteiger partial charge < -0.3 is 9.80 Å². The summed E-state index contributed by atoms with van der Waals surface area (Å²) in [5, 5.41) is 0.000860. The summed E-state index contributed by atoms with van der Waals surface area (Å²) in [7, 11) is -4.27. The van der Waals surface area contributed by atoms with Crippen LogP contribution in [0.25, 0.3) is 0 Å². The molecule has 0 bridgehead atoms. The lowest BCUT2D eigenvalue weighted by Crippen LogP contribution is -2.57. The van der Waals surface area contributed by atoms with Gasteiger partial charge in [-0.2, -0.15) is 4.72 Å². The van der Waals surface area contributed by atoms with Crippen molar-refractivity contribution >= 4 is 33.4 Å². The first-order valence-electron chi connectivity index (χ1n) is 10.3. The van der Waals surface area contributed by atoms with Crippen LogP contribution in [0.4, 0.5) is 8.78 Å². The van der Waals surface area contributed by atoms with E-state index >= 15 is 0 Å². The first kappa shape index (κ1) is 25.1. The molecule has 1 saturated heterocycles. The Morgan fingerprint density at radius 1 is 1.00 bits per heavy atom. The molecule has 2 aromatic rings. The molecule has 1 aliphatic rings. The van der Waals surface area contributed by atoms with Gasteiger partial charge in [-0.05, 0) is 36.2 Å². The van der Waals surface area contributed by atoms with E-state index in [-0.39, 0.29) is 42.7 Å². The van der Waals surface area contributed by atoms with Crippen molar-refractivity contribution in [3.05, 3.63) is 64.7 Å². The minimum atomic E-state index is -4.27. The predicted molar refractivity (Wildman–Crippen MR) is 119 cm³/mol. The summed E-state index contributed by atoms with van der Waals surface area (Å²) in [4.78, 5) is 28.3. The Balaban J connectivity index is 1.69. The second-order valence-electron chi connectivity index (χ2n) is 8.02. The van der Waals surface area contributed by atoms with Gasteiger partial charge in [0.25, 0.3) is 5.91 Å². The zero-order valence-electron chi connectivity index (χ0n) is 18.1. The van der Waals surface area contributed by atoms with Crippen LogP contribution in [0.5, 0.6) is 0 Å². The number of amides is 2. The lowest BCUT2D eigenvalue weighted by molar-refractivity contribution is -0.135. The number of hydrogen-bond donors (Lipinski definition) is 1. The van der Waals surface area contributed by atoms with Gasteiger partial charge in [-0.1, -0.05) is 37.6 Å². The molecular formula is C22H24ClF2N3O4S. The number of sulfonamides is 1. The Kier molecular flexibility index (Phi) is 7.71.